The van der Waals surface area contributed by atoms with Crippen LogP contribution in [0.3, 0.4) is 0 Å². The predicted octanol–water partition coefficient (Wildman–Crippen LogP) is 3.24. The molecule has 3 aromatic heterocycles. The van der Waals surface area contributed by atoms with Crippen LogP contribution in [0.15, 0.2) is 33.5 Å². The number of hydrogen-bond acceptors (Lipinski definition) is 7. The lowest BCUT2D eigenvalue weighted by Crippen LogP contribution is -2.19. The van der Waals surface area contributed by atoms with Crippen molar-refractivity contribution in [3.05, 3.63) is 29.7 Å². The molecule has 0 amide bonds. The molecule has 0 N–H and O–H groups in total. The Kier molecular flexibility index (Phi) is 4.16. The standard InChI is InChI=1S/C11H8F3N5OS2/c12-11(13,14)6-19-10(16-17-18-19)22-5-8-4-21-9(15-8)7-1-2-20-3-7/h1-4H,5-6H2. The van der Waals surface area contributed by atoms with Crippen molar-refractivity contribution in [3.63, 3.8) is 0 Å². The highest BCUT2D eigenvalue weighted by Gasteiger charge is 2.30. The zero-order chi connectivity index (χ0) is 15.6. The fourth-order valence-corrected chi connectivity index (χ4v) is 3.28. The molecule has 0 aromatic carbocycles. The monoisotopic (exact) mass is 347 g/mol. The Labute approximate surface area is 130 Å². The molecule has 22 heavy (non-hydrogen) atoms. The van der Waals surface area contributed by atoms with Crippen molar-refractivity contribution >= 4 is 23.1 Å². The van der Waals surface area contributed by atoms with Crippen molar-refractivity contribution < 1.29 is 17.6 Å². The Balaban J connectivity index is 1.65. The highest BCUT2D eigenvalue weighted by Crippen LogP contribution is 2.28. The maximum absolute atomic E-state index is 12.4. The van der Waals surface area contributed by atoms with Crippen LogP contribution in [0.5, 0.6) is 0 Å². The topological polar surface area (TPSA) is 69.6 Å². The number of thioether (sulfide) groups is 1. The quantitative estimate of drug-likeness (QED) is 0.660. The lowest BCUT2D eigenvalue weighted by Gasteiger charge is -2.06. The van der Waals surface area contributed by atoms with E-state index >= 15 is 0 Å². The third kappa shape index (κ3) is 3.65. The van der Waals surface area contributed by atoms with Crippen molar-refractivity contribution in [3.8, 4) is 10.6 Å². The van der Waals surface area contributed by atoms with Gasteiger partial charge in [0, 0.05) is 16.7 Å². The third-order valence-corrected chi connectivity index (χ3v) is 4.43. The number of aromatic nitrogens is 5. The van der Waals surface area contributed by atoms with Gasteiger partial charge in [-0.1, -0.05) is 11.8 Å². The number of halogens is 3. The molecule has 0 aliphatic heterocycles. The second-order valence-corrected chi connectivity index (χ2v) is 5.98. The van der Waals surface area contributed by atoms with E-state index in [9.17, 15) is 13.2 Å². The first-order valence-electron chi connectivity index (χ1n) is 5.94. The summed E-state index contributed by atoms with van der Waals surface area (Å²) in [6, 6.07) is 1.79. The van der Waals surface area contributed by atoms with Crippen LogP contribution < -0.4 is 0 Å². The first-order valence-corrected chi connectivity index (χ1v) is 7.80. The van der Waals surface area contributed by atoms with E-state index in [1.165, 1.54) is 11.3 Å². The van der Waals surface area contributed by atoms with Crippen LogP contribution in [0, 0.1) is 0 Å². The molecular formula is C11H8F3N5OS2. The molecule has 3 rings (SSSR count). The van der Waals surface area contributed by atoms with E-state index < -0.39 is 12.7 Å². The molecule has 0 saturated heterocycles. The summed E-state index contributed by atoms with van der Waals surface area (Å²) in [5.41, 5.74) is 1.61. The Hall–Kier alpha value is -1.88. The minimum Gasteiger partial charge on any atom is -0.472 e. The second-order valence-electron chi connectivity index (χ2n) is 4.18. The second kappa shape index (κ2) is 6.08. The number of nitrogens with zero attached hydrogens (tertiary/aromatic N) is 5. The summed E-state index contributed by atoms with van der Waals surface area (Å²) in [6.07, 6.45) is -1.23. The molecule has 3 aromatic rings. The maximum atomic E-state index is 12.4. The molecule has 0 spiro atoms. The van der Waals surface area contributed by atoms with Gasteiger partial charge in [-0.25, -0.2) is 9.67 Å². The van der Waals surface area contributed by atoms with E-state index in [1.807, 2.05) is 5.38 Å². The lowest BCUT2D eigenvalue weighted by atomic mass is 10.4. The number of alkyl halides is 3. The van der Waals surface area contributed by atoms with Gasteiger partial charge in [0.25, 0.3) is 0 Å². The summed E-state index contributed by atoms with van der Waals surface area (Å²) in [6.45, 7) is -1.21. The van der Waals surface area contributed by atoms with Gasteiger partial charge in [-0.3, -0.25) is 0 Å². The summed E-state index contributed by atoms with van der Waals surface area (Å²) >= 11 is 2.54. The highest BCUT2D eigenvalue weighted by molar-refractivity contribution is 7.98. The van der Waals surface area contributed by atoms with Crippen molar-refractivity contribution in [1.82, 2.24) is 25.2 Å². The molecule has 11 heteroatoms. The van der Waals surface area contributed by atoms with Crippen LogP contribution >= 0.6 is 23.1 Å². The van der Waals surface area contributed by atoms with Crippen LogP contribution in [-0.2, 0) is 12.3 Å². The fraction of sp³-hybridized carbons (Fsp3) is 0.273. The van der Waals surface area contributed by atoms with E-state index in [4.69, 9.17) is 4.42 Å². The number of furan rings is 1. The summed E-state index contributed by atoms with van der Waals surface area (Å²) in [5.74, 6) is 0.382. The van der Waals surface area contributed by atoms with Crippen LogP contribution in [-0.4, -0.2) is 31.4 Å². The molecule has 0 aliphatic carbocycles. The molecule has 0 saturated carbocycles. The molecule has 3 heterocycles. The largest absolute Gasteiger partial charge is 0.472 e. The lowest BCUT2D eigenvalue weighted by molar-refractivity contribution is -0.144. The summed E-state index contributed by atoms with van der Waals surface area (Å²) in [4.78, 5) is 4.39. The Morgan fingerprint density at radius 1 is 1.36 bits per heavy atom. The minimum absolute atomic E-state index is 0.107. The fourth-order valence-electron chi connectivity index (χ4n) is 1.60. The van der Waals surface area contributed by atoms with E-state index in [1.54, 1.807) is 18.6 Å². The molecular weight excluding hydrogens is 339 g/mol. The van der Waals surface area contributed by atoms with Gasteiger partial charge >= 0.3 is 6.18 Å². The van der Waals surface area contributed by atoms with E-state index in [0.29, 0.717) is 5.75 Å². The van der Waals surface area contributed by atoms with Crippen molar-refractivity contribution in [1.29, 1.82) is 0 Å². The molecule has 0 atom stereocenters. The van der Waals surface area contributed by atoms with Gasteiger partial charge in [-0.2, -0.15) is 13.2 Å². The first kappa shape index (κ1) is 15.0. The van der Waals surface area contributed by atoms with Gasteiger partial charge in [-0.15, -0.1) is 16.4 Å². The van der Waals surface area contributed by atoms with E-state index in [2.05, 4.69) is 20.5 Å². The third-order valence-electron chi connectivity index (χ3n) is 2.50. The molecule has 6 nitrogen and oxygen atoms in total. The van der Waals surface area contributed by atoms with Gasteiger partial charge in [-0.05, 0) is 16.5 Å². The number of hydrogen-bond donors (Lipinski definition) is 0. The van der Waals surface area contributed by atoms with Crippen molar-refractivity contribution in [2.24, 2.45) is 0 Å². The number of tetrazole rings is 1. The minimum atomic E-state index is -4.36. The predicted molar refractivity (Wildman–Crippen MR) is 73.2 cm³/mol. The Morgan fingerprint density at radius 3 is 2.95 bits per heavy atom. The van der Waals surface area contributed by atoms with E-state index in [0.717, 1.165) is 32.7 Å². The van der Waals surface area contributed by atoms with Gasteiger partial charge in [0.15, 0.2) is 0 Å². The smallest absolute Gasteiger partial charge is 0.408 e. The molecule has 0 aliphatic rings. The average molecular weight is 347 g/mol. The van der Waals surface area contributed by atoms with Crippen LogP contribution in [0.25, 0.3) is 10.6 Å². The van der Waals surface area contributed by atoms with Gasteiger partial charge in [0.2, 0.25) is 5.16 Å². The van der Waals surface area contributed by atoms with E-state index in [-0.39, 0.29) is 5.16 Å². The molecule has 0 radical (unpaired) electrons. The van der Waals surface area contributed by atoms with Crippen molar-refractivity contribution in [2.75, 3.05) is 0 Å². The zero-order valence-corrected chi connectivity index (χ0v) is 12.5. The normalized spacial score (nSPS) is 12.0. The summed E-state index contributed by atoms with van der Waals surface area (Å²) < 4.78 is 42.8. The van der Waals surface area contributed by atoms with Crippen LogP contribution in [0.1, 0.15) is 5.69 Å². The number of thiazole rings is 1. The SMILES string of the molecule is FC(F)(F)Cn1nnnc1SCc1csc(-c2ccoc2)n1. The average Bonchev–Trinajstić information content (AvgIpc) is 3.16. The van der Waals surface area contributed by atoms with Gasteiger partial charge in [0.05, 0.1) is 12.0 Å². The molecule has 0 fully saturated rings. The first-order chi connectivity index (χ1) is 10.5. The highest BCUT2D eigenvalue weighted by atomic mass is 32.2. The summed E-state index contributed by atoms with van der Waals surface area (Å²) in [5, 5.41) is 13.0. The van der Waals surface area contributed by atoms with Crippen LogP contribution in [0.4, 0.5) is 13.2 Å². The Bertz CT molecular complexity index is 737. The molecule has 0 bridgehead atoms. The van der Waals surface area contributed by atoms with Gasteiger partial charge < -0.3 is 4.42 Å². The van der Waals surface area contributed by atoms with Crippen LogP contribution in [0.2, 0.25) is 0 Å². The summed E-state index contributed by atoms with van der Waals surface area (Å²) in [7, 11) is 0. The van der Waals surface area contributed by atoms with Gasteiger partial charge in [0.1, 0.15) is 17.8 Å². The Morgan fingerprint density at radius 2 is 2.23 bits per heavy atom. The maximum Gasteiger partial charge on any atom is 0.408 e. The zero-order valence-electron chi connectivity index (χ0n) is 10.8. The van der Waals surface area contributed by atoms with Crippen molar-refractivity contribution in [2.45, 2.75) is 23.6 Å². The molecule has 0 unspecified atom stereocenters. The number of rotatable bonds is 5. The molecule has 116 valence electrons.